The lowest BCUT2D eigenvalue weighted by atomic mass is 9.96. The quantitative estimate of drug-likeness (QED) is 0.637. The van der Waals surface area contributed by atoms with Crippen molar-refractivity contribution in [1.82, 2.24) is 10.2 Å². The Balaban J connectivity index is 1.64. The van der Waals surface area contributed by atoms with Gasteiger partial charge in [-0.15, -0.1) is 10.2 Å². The Kier molecular flexibility index (Phi) is 6.33. The highest BCUT2D eigenvalue weighted by atomic mass is 32.1. The van der Waals surface area contributed by atoms with E-state index in [2.05, 4.69) is 15.5 Å². The van der Waals surface area contributed by atoms with Gasteiger partial charge < -0.3 is 4.74 Å². The third-order valence-electron chi connectivity index (χ3n) is 4.13. The van der Waals surface area contributed by atoms with Crippen molar-refractivity contribution in [2.24, 2.45) is 0 Å². The molecule has 0 spiro atoms. The van der Waals surface area contributed by atoms with Gasteiger partial charge in [0.25, 0.3) is 0 Å². The number of nitrogens with zero attached hydrogens (tertiary/aromatic N) is 2. The second-order valence-electron chi connectivity index (χ2n) is 5.91. The molecule has 3 rings (SSSR count). The van der Waals surface area contributed by atoms with Crippen molar-refractivity contribution in [1.29, 1.82) is 0 Å². The molecule has 0 saturated carbocycles. The second-order valence-corrected chi connectivity index (χ2v) is 6.92. The van der Waals surface area contributed by atoms with E-state index in [1.165, 1.54) is 11.3 Å². The molecule has 1 unspecified atom stereocenters. The molecule has 5 nitrogen and oxygen atoms in total. The molecular formula is C21H21N3O2S. The van der Waals surface area contributed by atoms with Crippen molar-refractivity contribution in [2.45, 2.75) is 19.3 Å². The number of anilines is 1. The van der Waals surface area contributed by atoms with E-state index in [-0.39, 0.29) is 11.8 Å². The van der Waals surface area contributed by atoms with Crippen LogP contribution in [0.4, 0.5) is 5.13 Å². The Morgan fingerprint density at radius 1 is 1.11 bits per heavy atom. The van der Waals surface area contributed by atoms with Crippen molar-refractivity contribution in [3.63, 3.8) is 0 Å². The highest BCUT2D eigenvalue weighted by Crippen LogP contribution is 2.24. The number of benzene rings is 2. The van der Waals surface area contributed by atoms with Crippen LogP contribution in [0.2, 0.25) is 0 Å². The summed E-state index contributed by atoms with van der Waals surface area (Å²) in [6.45, 7) is 2.00. The summed E-state index contributed by atoms with van der Waals surface area (Å²) in [5, 5.41) is 12.3. The minimum Gasteiger partial charge on any atom is -0.497 e. The first kappa shape index (κ1) is 18.8. The molecule has 1 N–H and O–H groups in total. The molecule has 0 saturated heterocycles. The fourth-order valence-corrected chi connectivity index (χ4v) is 3.33. The number of nitrogens with one attached hydrogen (secondary N) is 1. The number of carbonyl (C=O) groups is 1. The van der Waals surface area contributed by atoms with Crippen LogP contribution in [-0.4, -0.2) is 23.2 Å². The molecule has 1 amide bonds. The molecule has 0 aliphatic carbocycles. The summed E-state index contributed by atoms with van der Waals surface area (Å²) in [4.78, 5) is 12.6. The summed E-state index contributed by atoms with van der Waals surface area (Å²) in [7, 11) is 1.64. The first-order valence-electron chi connectivity index (χ1n) is 8.71. The van der Waals surface area contributed by atoms with E-state index in [9.17, 15) is 4.79 Å². The molecule has 3 aromatic rings. The summed E-state index contributed by atoms with van der Waals surface area (Å²) in [6, 6.07) is 17.5. The Morgan fingerprint density at radius 2 is 1.85 bits per heavy atom. The van der Waals surface area contributed by atoms with Crippen molar-refractivity contribution in [2.75, 3.05) is 12.4 Å². The zero-order chi connectivity index (χ0) is 19.1. The normalized spacial score (nSPS) is 12.1. The van der Waals surface area contributed by atoms with Gasteiger partial charge in [0.05, 0.1) is 13.0 Å². The molecular weight excluding hydrogens is 358 g/mol. The van der Waals surface area contributed by atoms with Gasteiger partial charge in [0, 0.05) is 0 Å². The number of ether oxygens (including phenoxy) is 1. The molecule has 6 heteroatoms. The van der Waals surface area contributed by atoms with Crippen molar-refractivity contribution < 1.29 is 9.53 Å². The zero-order valence-electron chi connectivity index (χ0n) is 15.3. The van der Waals surface area contributed by atoms with Crippen molar-refractivity contribution in [3.8, 4) is 5.75 Å². The lowest BCUT2D eigenvalue weighted by molar-refractivity contribution is -0.117. The number of aromatic nitrogens is 2. The zero-order valence-corrected chi connectivity index (χ0v) is 16.1. The Hall–Kier alpha value is -2.99. The van der Waals surface area contributed by atoms with E-state index in [4.69, 9.17) is 4.74 Å². The summed E-state index contributed by atoms with van der Waals surface area (Å²) in [5.41, 5.74) is 2.04. The van der Waals surface area contributed by atoms with Gasteiger partial charge in [-0.1, -0.05) is 66.8 Å². The minimum absolute atomic E-state index is 0.0643. The number of methoxy groups -OCH3 is 1. The smallest absolute Gasteiger partial charge is 0.233 e. The Morgan fingerprint density at radius 3 is 2.52 bits per heavy atom. The van der Waals surface area contributed by atoms with E-state index in [1.54, 1.807) is 7.11 Å². The molecule has 1 heterocycles. The van der Waals surface area contributed by atoms with Gasteiger partial charge in [-0.05, 0) is 35.8 Å². The van der Waals surface area contributed by atoms with E-state index in [1.807, 2.05) is 73.7 Å². The molecule has 1 aromatic heterocycles. The Labute approximate surface area is 162 Å². The van der Waals surface area contributed by atoms with Crippen molar-refractivity contribution in [3.05, 3.63) is 70.7 Å². The monoisotopic (exact) mass is 379 g/mol. The number of hydrogen-bond acceptors (Lipinski definition) is 5. The first-order chi connectivity index (χ1) is 13.2. The molecule has 2 aromatic carbocycles. The van der Waals surface area contributed by atoms with Gasteiger partial charge in [0.15, 0.2) is 0 Å². The molecule has 0 aliphatic heterocycles. The average Bonchev–Trinajstić information content (AvgIpc) is 3.15. The first-order valence-corrected chi connectivity index (χ1v) is 9.52. The summed E-state index contributed by atoms with van der Waals surface area (Å²) < 4.78 is 5.15. The molecule has 0 radical (unpaired) electrons. The van der Waals surface area contributed by atoms with Gasteiger partial charge in [0.2, 0.25) is 11.0 Å². The summed E-state index contributed by atoms with van der Waals surface area (Å²) >= 11 is 1.35. The van der Waals surface area contributed by atoms with E-state index in [0.717, 1.165) is 28.3 Å². The molecule has 138 valence electrons. The predicted octanol–water partition coefficient (Wildman–Crippen LogP) is 4.85. The standard InChI is InChI=1S/C21H21N3O2S/c1-3-18(16-7-5-4-6-8-16)20(25)22-21-24-23-19(27-21)14-11-15-9-12-17(26-2)13-10-15/h4-14,18H,3H2,1-2H3,(H,22,24,25)/b14-11+. The molecule has 0 bridgehead atoms. The molecule has 27 heavy (non-hydrogen) atoms. The molecule has 1 atom stereocenters. The fraction of sp³-hybridized carbons (Fsp3) is 0.190. The predicted molar refractivity (Wildman–Crippen MR) is 110 cm³/mol. The maximum atomic E-state index is 12.6. The maximum Gasteiger partial charge on any atom is 0.233 e. The van der Waals surface area contributed by atoms with Crippen LogP contribution >= 0.6 is 11.3 Å². The van der Waals surface area contributed by atoms with E-state index >= 15 is 0 Å². The second kappa shape index (κ2) is 9.09. The highest BCUT2D eigenvalue weighted by molar-refractivity contribution is 7.16. The van der Waals surface area contributed by atoms with Crippen LogP contribution in [0.5, 0.6) is 5.75 Å². The summed E-state index contributed by atoms with van der Waals surface area (Å²) in [5.74, 6) is 0.552. The number of carbonyl (C=O) groups excluding carboxylic acids is 1. The van der Waals surface area contributed by atoms with Crippen LogP contribution in [0.1, 0.15) is 35.4 Å². The fourth-order valence-electron chi connectivity index (χ4n) is 2.69. The lowest BCUT2D eigenvalue weighted by Gasteiger charge is -2.13. The topological polar surface area (TPSA) is 64.1 Å². The van der Waals surface area contributed by atoms with Crippen LogP contribution in [-0.2, 0) is 4.79 Å². The van der Waals surface area contributed by atoms with Crippen LogP contribution in [0.25, 0.3) is 12.2 Å². The van der Waals surface area contributed by atoms with Crippen LogP contribution in [0.3, 0.4) is 0 Å². The SMILES string of the molecule is CCC(C(=O)Nc1nnc(/C=C/c2ccc(OC)cc2)s1)c1ccccc1. The van der Waals surface area contributed by atoms with Gasteiger partial charge in [-0.2, -0.15) is 0 Å². The third kappa shape index (κ3) is 5.01. The Bertz CT molecular complexity index is 905. The number of hydrogen-bond donors (Lipinski definition) is 1. The van der Waals surface area contributed by atoms with E-state index < -0.39 is 0 Å². The largest absolute Gasteiger partial charge is 0.497 e. The van der Waals surface area contributed by atoms with Crippen LogP contribution < -0.4 is 10.1 Å². The molecule has 0 aliphatic rings. The van der Waals surface area contributed by atoms with Gasteiger partial charge in [-0.25, -0.2) is 0 Å². The maximum absolute atomic E-state index is 12.6. The number of rotatable bonds is 7. The van der Waals surface area contributed by atoms with Crippen LogP contribution in [0, 0.1) is 0 Å². The van der Waals surface area contributed by atoms with Gasteiger partial charge >= 0.3 is 0 Å². The highest BCUT2D eigenvalue weighted by Gasteiger charge is 2.19. The number of amides is 1. The minimum atomic E-state index is -0.201. The average molecular weight is 379 g/mol. The van der Waals surface area contributed by atoms with Crippen LogP contribution in [0.15, 0.2) is 54.6 Å². The lowest BCUT2D eigenvalue weighted by Crippen LogP contribution is -2.20. The van der Waals surface area contributed by atoms with Crippen molar-refractivity contribution >= 4 is 34.5 Å². The summed E-state index contributed by atoms with van der Waals surface area (Å²) in [6.07, 6.45) is 4.55. The van der Waals surface area contributed by atoms with E-state index in [0.29, 0.717) is 5.13 Å². The van der Waals surface area contributed by atoms with Gasteiger partial charge in [-0.3, -0.25) is 10.1 Å². The van der Waals surface area contributed by atoms with Gasteiger partial charge in [0.1, 0.15) is 10.8 Å². The third-order valence-corrected chi connectivity index (χ3v) is 4.94. The molecule has 0 fully saturated rings.